The van der Waals surface area contributed by atoms with E-state index in [1.54, 1.807) is 11.3 Å². The second kappa shape index (κ2) is 5.82. The van der Waals surface area contributed by atoms with Crippen molar-refractivity contribution in [1.29, 1.82) is 0 Å². The number of aryl methyl sites for hydroxylation is 2. The summed E-state index contributed by atoms with van der Waals surface area (Å²) in [5.74, 6) is 0.657. The van der Waals surface area contributed by atoms with Crippen molar-refractivity contribution in [3.63, 3.8) is 0 Å². The standard InChI is InChI=1S/C16H15ClN4S/c17-13-5-3-12(4-6-13)16-18-14(10-22-16)7-8-21-9-15(19-20-21)11-1-2-11/h3-6,9-11H,1-2,7-8H2. The molecule has 4 nitrogen and oxygen atoms in total. The van der Waals surface area contributed by atoms with Crippen LogP contribution in [0.15, 0.2) is 35.8 Å². The second-order valence-corrected chi connectivity index (χ2v) is 6.88. The fourth-order valence-electron chi connectivity index (χ4n) is 2.36. The van der Waals surface area contributed by atoms with Crippen LogP contribution in [-0.4, -0.2) is 20.0 Å². The van der Waals surface area contributed by atoms with Crippen molar-refractivity contribution >= 4 is 22.9 Å². The molecule has 0 amide bonds. The maximum absolute atomic E-state index is 5.92. The van der Waals surface area contributed by atoms with Crippen LogP contribution in [0, 0.1) is 0 Å². The Morgan fingerprint density at radius 1 is 1.23 bits per heavy atom. The van der Waals surface area contributed by atoms with Gasteiger partial charge in [-0.05, 0) is 25.0 Å². The zero-order chi connectivity index (χ0) is 14.9. The molecule has 0 N–H and O–H groups in total. The molecule has 2 heterocycles. The van der Waals surface area contributed by atoms with Crippen LogP contribution in [0.3, 0.4) is 0 Å². The van der Waals surface area contributed by atoms with Gasteiger partial charge >= 0.3 is 0 Å². The molecule has 0 aliphatic heterocycles. The zero-order valence-corrected chi connectivity index (χ0v) is 13.5. The summed E-state index contributed by atoms with van der Waals surface area (Å²) in [5, 5.41) is 12.3. The van der Waals surface area contributed by atoms with E-state index < -0.39 is 0 Å². The predicted molar refractivity (Wildman–Crippen MR) is 88.3 cm³/mol. The van der Waals surface area contributed by atoms with E-state index in [9.17, 15) is 0 Å². The van der Waals surface area contributed by atoms with Crippen LogP contribution in [0.4, 0.5) is 0 Å². The molecule has 0 unspecified atom stereocenters. The summed E-state index contributed by atoms with van der Waals surface area (Å²) in [7, 11) is 0. The van der Waals surface area contributed by atoms with Crippen LogP contribution in [0.5, 0.6) is 0 Å². The molecule has 2 aromatic heterocycles. The average Bonchev–Trinajstić information content (AvgIpc) is 3.09. The fourth-order valence-corrected chi connectivity index (χ4v) is 3.35. The number of thiazole rings is 1. The predicted octanol–water partition coefficient (Wildman–Crippen LogP) is 4.18. The third-order valence-electron chi connectivity index (χ3n) is 3.79. The van der Waals surface area contributed by atoms with Crippen molar-refractivity contribution in [3.05, 3.63) is 52.3 Å². The molecule has 0 radical (unpaired) electrons. The van der Waals surface area contributed by atoms with E-state index in [4.69, 9.17) is 16.6 Å². The highest BCUT2D eigenvalue weighted by Crippen LogP contribution is 2.38. The topological polar surface area (TPSA) is 43.6 Å². The molecular formula is C16H15ClN4S. The lowest BCUT2D eigenvalue weighted by molar-refractivity contribution is 0.585. The first-order valence-electron chi connectivity index (χ1n) is 7.38. The molecule has 0 saturated heterocycles. The summed E-state index contributed by atoms with van der Waals surface area (Å²) >= 11 is 7.58. The van der Waals surface area contributed by atoms with Crippen LogP contribution in [0.1, 0.15) is 30.1 Å². The summed E-state index contributed by atoms with van der Waals surface area (Å²) in [6, 6.07) is 7.80. The molecule has 0 atom stereocenters. The summed E-state index contributed by atoms with van der Waals surface area (Å²) in [6.07, 6.45) is 5.46. The largest absolute Gasteiger partial charge is 0.252 e. The third kappa shape index (κ3) is 3.05. The number of hydrogen-bond acceptors (Lipinski definition) is 4. The highest BCUT2D eigenvalue weighted by molar-refractivity contribution is 7.13. The number of aromatic nitrogens is 4. The molecule has 1 aliphatic rings. The highest BCUT2D eigenvalue weighted by Gasteiger charge is 2.26. The molecule has 1 aliphatic carbocycles. The van der Waals surface area contributed by atoms with Crippen molar-refractivity contribution < 1.29 is 0 Å². The number of benzene rings is 1. The van der Waals surface area contributed by atoms with Gasteiger partial charge in [-0.25, -0.2) is 4.98 Å². The summed E-state index contributed by atoms with van der Waals surface area (Å²) in [5.41, 5.74) is 3.34. The van der Waals surface area contributed by atoms with Crippen molar-refractivity contribution in [2.24, 2.45) is 0 Å². The first-order valence-corrected chi connectivity index (χ1v) is 8.64. The SMILES string of the molecule is Clc1ccc(-c2nc(CCn3cc(C4CC4)nn3)cs2)cc1. The Bertz CT molecular complexity index is 774. The number of halogens is 1. The van der Waals surface area contributed by atoms with Gasteiger partial charge in [0.05, 0.1) is 11.4 Å². The van der Waals surface area contributed by atoms with Crippen LogP contribution in [0.25, 0.3) is 10.6 Å². The lowest BCUT2D eigenvalue weighted by atomic mass is 10.2. The Morgan fingerprint density at radius 3 is 2.82 bits per heavy atom. The van der Waals surface area contributed by atoms with Gasteiger partial charge in [-0.15, -0.1) is 16.4 Å². The zero-order valence-electron chi connectivity index (χ0n) is 11.9. The maximum atomic E-state index is 5.92. The lowest BCUT2D eigenvalue weighted by Crippen LogP contribution is -2.02. The van der Waals surface area contributed by atoms with E-state index in [2.05, 4.69) is 21.9 Å². The van der Waals surface area contributed by atoms with E-state index in [1.807, 2.05) is 28.9 Å². The van der Waals surface area contributed by atoms with Gasteiger partial charge < -0.3 is 0 Å². The normalized spacial score (nSPS) is 14.4. The van der Waals surface area contributed by atoms with E-state index in [0.29, 0.717) is 5.92 Å². The van der Waals surface area contributed by atoms with Gasteiger partial charge in [-0.3, -0.25) is 4.68 Å². The summed E-state index contributed by atoms with van der Waals surface area (Å²) < 4.78 is 1.93. The highest BCUT2D eigenvalue weighted by atomic mass is 35.5. The molecule has 22 heavy (non-hydrogen) atoms. The monoisotopic (exact) mass is 330 g/mol. The van der Waals surface area contributed by atoms with E-state index in [1.165, 1.54) is 12.8 Å². The smallest absolute Gasteiger partial charge is 0.123 e. The molecule has 112 valence electrons. The Balaban J connectivity index is 1.41. The lowest BCUT2D eigenvalue weighted by Gasteiger charge is -1.98. The summed E-state index contributed by atoms with van der Waals surface area (Å²) in [6.45, 7) is 0.823. The molecule has 4 rings (SSSR count). The van der Waals surface area contributed by atoms with E-state index >= 15 is 0 Å². The Labute approximate surface area is 137 Å². The molecule has 1 saturated carbocycles. The van der Waals surface area contributed by atoms with Gasteiger partial charge in [-0.2, -0.15) is 0 Å². The molecule has 0 bridgehead atoms. The van der Waals surface area contributed by atoms with Crippen molar-refractivity contribution in [2.45, 2.75) is 31.7 Å². The van der Waals surface area contributed by atoms with Gasteiger partial charge in [0.15, 0.2) is 0 Å². The van der Waals surface area contributed by atoms with Gasteiger partial charge in [0, 0.05) is 41.0 Å². The van der Waals surface area contributed by atoms with Crippen LogP contribution < -0.4 is 0 Å². The molecule has 3 aromatic rings. The van der Waals surface area contributed by atoms with Gasteiger partial charge in [0.25, 0.3) is 0 Å². The van der Waals surface area contributed by atoms with E-state index in [0.717, 1.165) is 39.9 Å². The van der Waals surface area contributed by atoms with Crippen molar-refractivity contribution in [1.82, 2.24) is 20.0 Å². The fraction of sp³-hybridized carbons (Fsp3) is 0.312. The van der Waals surface area contributed by atoms with Gasteiger partial charge in [0.2, 0.25) is 0 Å². The Hall–Kier alpha value is -1.72. The minimum atomic E-state index is 0.657. The molecule has 0 spiro atoms. The van der Waals surface area contributed by atoms with Crippen LogP contribution in [-0.2, 0) is 13.0 Å². The quantitative estimate of drug-likeness (QED) is 0.705. The molecular weight excluding hydrogens is 316 g/mol. The van der Waals surface area contributed by atoms with Crippen LogP contribution in [0.2, 0.25) is 5.02 Å². The minimum Gasteiger partial charge on any atom is -0.252 e. The van der Waals surface area contributed by atoms with E-state index in [-0.39, 0.29) is 0 Å². The Kier molecular flexibility index (Phi) is 3.68. The van der Waals surface area contributed by atoms with Gasteiger partial charge in [-0.1, -0.05) is 28.9 Å². The second-order valence-electron chi connectivity index (χ2n) is 5.58. The minimum absolute atomic E-state index is 0.657. The molecule has 1 aromatic carbocycles. The first-order chi connectivity index (χ1) is 10.8. The number of nitrogens with zero attached hydrogens (tertiary/aromatic N) is 4. The van der Waals surface area contributed by atoms with Crippen LogP contribution >= 0.6 is 22.9 Å². The molecule has 6 heteroatoms. The third-order valence-corrected chi connectivity index (χ3v) is 4.98. The Morgan fingerprint density at radius 2 is 2.05 bits per heavy atom. The average molecular weight is 331 g/mol. The van der Waals surface area contributed by atoms with Crippen molar-refractivity contribution in [3.8, 4) is 10.6 Å². The first kappa shape index (κ1) is 13.9. The maximum Gasteiger partial charge on any atom is 0.123 e. The summed E-state index contributed by atoms with van der Waals surface area (Å²) in [4.78, 5) is 4.69. The number of rotatable bonds is 5. The van der Waals surface area contributed by atoms with Crippen molar-refractivity contribution in [2.75, 3.05) is 0 Å². The molecule has 1 fully saturated rings. The number of hydrogen-bond donors (Lipinski definition) is 0. The van der Waals surface area contributed by atoms with Gasteiger partial charge in [0.1, 0.15) is 5.01 Å².